The number of nitrogens with one attached hydrogen (secondary N) is 1. The van der Waals surface area contributed by atoms with Crippen LogP contribution in [0.3, 0.4) is 0 Å². The SMILES string of the molecule is C=C(C)c1cnc(N2CCC(Cn3ccn(CCc4c(C)[nH]c5ccccc45)c3=O)CC2)nc1.CC. The maximum atomic E-state index is 13.0. The third-order valence-corrected chi connectivity index (χ3v) is 7.03. The molecule has 5 rings (SSSR count). The Balaban J connectivity index is 0.00000148. The molecule has 0 bridgehead atoms. The van der Waals surface area contributed by atoms with E-state index < -0.39 is 0 Å². The Hall–Kier alpha value is -3.61. The van der Waals surface area contributed by atoms with Gasteiger partial charge in [-0.25, -0.2) is 14.8 Å². The Kier molecular flexibility index (Phi) is 8.08. The lowest BCUT2D eigenvalue weighted by Gasteiger charge is -2.32. The highest BCUT2D eigenvalue weighted by molar-refractivity contribution is 5.84. The van der Waals surface area contributed by atoms with Crippen molar-refractivity contribution in [3.05, 3.63) is 82.9 Å². The minimum atomic E-state index is 0.0821. The number of rotatable bonds is 7. The third kappa shape index (κ3) is 5.45. The molecule has 4 heterocycles. The van der Waals surface area contributed by atoms with Crippen molar-refractivity contribution >= 4 is 22.4 Å². The van der Waals surface area contributed by atoms with Gasteiger partial charge in [-0.05, 0) is 56.2 Å². The van der Waals surface area contributed by atoms with Crippen LogP contribution in [0.5, 0.6) is 0 Å². The van der Waals surface area contributed by atoms with Crippen LogP contribution in [0.1, 0.15) is 50.4 Å². The molecule has 0 spiro atoms. The summed E-state index contributed by atoms with van der Waals surface area (Å²) in [6.45, 7) is 15.3. The summed E-state index contributed by atoms with van der Waals surface area (Å²) in [6.07, 6.45) is 10.4. The molecule has 4 aromatic rings. The standard InChI is InChI=1S/C27H32N6O.C2H6/c1-19(2)22-16-28-26(29-17-22)31-11-8-21(9-12-31)18-33-15-14-32(27(33)34)13-10-23-20(3)30-25-7-5-4-6-24(23)25;1-2/h4-7,14-17,21,30H,1,8-13,18H2,2-3H3;1-2H3. The summed E-state index contributed by atoms with van der Waals surface area (Å²) in [6, 6.07) is 8.36. The first-order chi connectivity index (χ1) is 17.5. The van der Waals surface area contributed by atoms with Crippen LogP contribution in [0.4, 0.5) is 5.95 Å². The van der Waals surface area contributed by atoms with Crippen molar-refractivity contribution in [2.24, 2.45) is 5.92 Å². The van der Waals surface area contributed by atoms with E-state index in [0.717, 1.165) is 61.5 Å². The maximum Gasteiger partial charge on any atom is 0.328 e. The van der Waals surface area contributed by atoms with Gasteiger partial charge < -0.3 is 9.88 Å². The van der Waals surface area contributed by atoms with Crippen molar-refractivity contribution in [2.75, 3.05) is 18.0 Å². The molecule has 0 radical (unpaired) electrons. The number of allylic oxidation sites excluding steroid dienone is 1. The van der Waals surface area contributed by atoms with Crippen LogP contribution in [-0.4, -0.2) is 37.2 Å². The number of hydrogen-bond acceptors (Lipinski definition) is 4. The molecule has 1 aromatic carbocycles. The second-order valence-electron chi connectivity index (χ2n) is 9.43. The van der Waals surface area contributed by atoms with E-state index in [0.29, 0.717) is 12.5 Å². The number of aromatic amines is 1. The first-order valence-corrected chi connectivity index (χ1v) is 13.0. The number of aryl methyl sites for hydroxylation is 3. The molecular weight excluding hydrogens is 448 g/mol. The van der Waals surface area contributed by atoms with Crippen LogP contribution in [0.15, 0.2) is 60.4 Å². The van der Waals surface area contributed by atoms with E-state index in [9.17, 15) is 4.79 Å². The van der Waals surface area contributed by atoms with Gasteiger partial charge >= 0.3 is 5.69 Å². The smallest absolute Gasteiger partial charge is 0.328 e. The minimum Gasteiger partial charge on any atom is -0.358 e. The van der Waals surface area contributed by atoms with Gasteiger partial charge in [-0.1, -0.05) is 38.6 Å². The van der Waals surface area contributed by atoms with Crippen molar-refractivity contribution < 1.29 is 0 Å². The van der Waals surface area contributed by atoms with Crippen molar-refractivity contribution in [1.29, 1.82) is 0 Å². The van der Waals surface area contributed by atoms with Crippen LogP contribution in [0.2, 0.25) is 0 Å². The first kappa shape index (κ1) is 25.5. The number of benzene rings is 1. The fourth-order valence-electron chi connectivity index (χ4n) is 4.95. The summed E-state index contributed by atoms with van der Waals surface area (Å²) in [7, 11) is 0. The van der Waals surface area contributed by atoms with E-state index in [-0.39, 0.29) is 5.69 Å². The number of fused-ring (bicyclic) bond motifs is 1. The normalized spacial score (nSPS) is 14.1. The number of hydrogen-bond donors (Lipinski definition) is 1. The van der Waals surface area contributed by atoms with Crippen LogP contribution in [-0.2, 0) is 19.5 Å². The molecule has 0 saturated carbocycles. The van der Waals surface area contributed by atoms with E-state index in [1.54, 1.807) is 0 Å². The molecular formula is C29H38N6O. The molecule has 1 N–H and O–H groups in total. The number of anilines is 1. The number of para-hydroxylation sites is 1. The Bertz CT molecular complexity index is 1350. The lowest BCUT2D eigenvalue weighted by Crippen LogP contribution is -2.37. The molecule has 1 aliphatic heterocycles. The first-order valence-electron chi connectivity index (χ1n) is 13.0. The second kappa shape index (κ2) is 11.4. The summed E-state index contributed by atoms with van der Waals surface area (Å²) in [5.74, 6) is 1.26. The molecule has 190 valence electrons. The second-order valence-corrected chi connectivity index (χ2v) is 9.43. The van der Waals surface area contributed by atoms with E-state index in [1.807, 2.05) is 60.8 Å². The third-order valence-electron chi connectivity index (χ3n) is 7.03. The van der Waals surface area contributed by atoms with Gasteiger partial charge in [-0.15, -0.1) is 0 Å². The number of aromatic nitrogens is 5. The Morgan fingerprint density at radius 2 is 1.75 bits per heavy atom. The van der Waals surface area contributed by atoms with Gasteiger partial charge in [0.25, 0.3) is 0 Å². The molecule has 0 unspecified atom stereocenters. The van der Waals surface area contributed by atoms with Gasteiger partial charge in [0.05, 0.1) is 0 Å². The molecule has 1 aliphatic rings. The molecule has 36 heavy (non-hydrogen) atoms. The Labute approximate surface area is 213 Å². The molecule has 3 aromatic heterocycles. The lowest BCUT2D eigenvalue weighted by molar-refractivity contribution is 0.349. The molecule has 0 atom stereocenters. The Morgan fingerprint density at radius 3 is 2.44 bits per heavy atom. The average molecular weight is 487 g/mol. The Morgan fingerprint density at radius 1 is 1.08 bits per heavy atom. The molecule has 1 fully saturated rings. The van der Waals surface area contributed by atoms with Crippen LogP contribution in [0, 0.1) is 12.8 Å². The molecule has 0 amide bonds. The van der Waals surface area contributed by atoms with Gasteiger partial charge in [0, 0.05) is 73.1 Å². The maximum absolute atomic E-state index is 13.0. The fourth-order valence-corrected chi connectivity index (χ4v) is 4.95. The van der Waals surface area contributed by atoms with E-state index >= 15 is 0 Å². The van der Waals surface area contributed by atoms with Crippen molar-refractivity contribution in [3.8, 4) is 0 Å². The minimum absolute atomic E-state index is 0.0821. The predicted molar refractivity (Wildman–Crippen MR) is 148 cm³/mol. The zero-order chi connectivity index (χ0) is 25.7. The number of nitrogens with zero attached hydrogens (tertiary/aromatic N) is 5. The highest BCUT2D eigenvalue weighted by atomic mass is 16.1. The largest absolute Gasteiger partial charge is 0.358 e. The molecule has 7 heteroatoms. The van der Waals surface area contributed by atoms with Gasteiger partial charge in [0.15, 0.2) is 0 Å². The van der Waals surface area contributed by atoms with Crippen molar-refractivity contribution in [1.82, 2.24) is 24.1 Å². The summed E-state index contributed by atoms with van der Waals surface area (Å²) in [4.78, 5) is 27.7. The number of H-pyrrole nitrogens is 1. The number of imidazole rings is 1. The molecule has 1 saturated heterocycles. The van der Waals surface area contributed by atoms with Crippen LogP contribution >= 0.6 is 0 Å². The predicted octanol–water partition coefficient (Wildman–Crippen LogP) is 5.45. The zero-order valence-electron chi connectivity index (χ0n) is 22.0. The summed E-state index contributed by atoms with van der Waals surface area (Å²) < 4.78 is 3.72. The quantitative estimate of drug-likeness (QED) is 0.377. The van der Waals surface area contributed by atoms with E-state index in [2.05, 4.69) is 51.6 Å². The lowest BCUT2D eigenvalue weighted by atomic mass is 9.97. The summed E-state index contributed by atoms with van der Waals surface area (Å²) in [5, 5.41) is 1.25. The fraction of sp³-hybridized carbons (Fsp3) is 0.414. The van der Waals surface area contributed by atoms with Gasteiger partial charge in [-0.3, -0.25) is 9.13 Å². The molecule has 7 nitrogen and oxygen atoms in total. The zero-order valence-corrected chi connectivity index (χ0v) is 22.0. The van der Waals surface area contributed by atoms with E-state index in [4.69, 9.17) is 0 Å². The van der Waals surface area contributed by atoms with Gasteiger partial charge in [0.1, 0.15) is 0 Å². The van der Waals surface area contributed by atoms with Gasteiger partial charge in [0.2, 0.25) is 5.95 Å². The van der Waals surface area contributed by atoms with Crippen molar-refractivity contribution in [2.45, 2.75) is 60.0 Å². The molecule has 0 aliphatic carbocycles. The highest BCUT2D eigenvalue weighted by Crippen LogP contribution is 2.24. The van der Waals surface area contributed by atoms with Gasteiger partial charge in [-0.2, -0.15) is 0 Å². The van der Waals surface area contributed by atoms with Crippen molar-refractivity contribution in [3.63, 3.8) is 0 Å². The highest BCUT2D eigenvalue weighted by Gasteiger charge is 2.22. The monoisotopic (exact) mass is 486 g/mol. The number of piperidine rings is 1. The summed E-state index contributed by atoms with van der Waals surface area (Å²) in [5.41, 5.74) is 5.66. The average Bonchev–Trinajstić information content (AvgIpc) is 3.42. The van der Waals surface area contributed by atoms with Crippen LogP contribution < -0.4 is 10.6 Å². The summed E-state index contributed by atoms with van der Waals surface area (Å²) >= 11 is 0. The topological polar surface area (TPSA) is 71.7 Å². The van der Waals surface area contributed by atoms with E-state index in [1.165, 1.54) is 16.6 Å². The van der Waals surface area contributed by atoms with Crippen LogP contribution in [0.25, 0.3) is 16.5 Å².